The Balaban J connectivity index is 1.33. The number of thioether (sulfide) groups is 1. The van der Waals surface area contributed by atoms with Crippen LogP contribution in [0.4, 0.5) is 0 Å². The average molecular weight is 415 g/mol. The van der Waals surface area contributed by atoms with Crippen LogP contribution < -0.4 is 5.56 Å². The number of aromatic amines is 1. The van der Waals surface area contributed by atoms with Crippen molar-refractivity contribution in [2.45, 2.75) is 49.0 Å². The van der Waals surface area contributed by atoms with Crippen LogP contribution in [-0.2, 0) is 5.75 Å². The normalized spacial score (nSPS) is 15.4. The minimum atomic E-state index is -0.165. The van der Waals surface area contributed by atoms with Gasteiger partial charge in [-0.05, 0) is 25.0 Å². The maximum Gasteiger partial charge on any atom is 0.277 e. The summed E-state index contributed by atoms with van der Waals surface area (Å²) in [7, 11) is 0. The van der Waals surface area contributed by atoms with Gasteiger partial charge >= 0.3 is 0 Å². The zero-order valence-electron chi connectivity index (χ0n) is 15.0. The van der Waals surface area contributed by atoms with E-state index in [4.69, 9.17) is 8.83 Å². The number of H-pyrrole nitrogens is 1. The molecule has 4 heterocycles. The number of furan rings is 1. The highest BCUT2D eigenvalue weighted by Crippen LogP contribution is 2.34. The van der Waals surface area contributed by atoms with Crippen molar-refractivity contribution in [3.05, 3.63) is 45.8 Å². The van der Waals surface area contributed by atoms with Crippen LogP contribution >= 0.6 is 23.1 Å². The summed E-state index contributed by atoms with van der Waals surface area (Å²) >= 11 is 2.83. The van der Waals surface area contributed by atoms with Gasteiger partial charge in [0, 0.05) is 16.9 Å². The number of rotatable bonds is 5. The van der Waals surface area contributed by atoms with Crippen LogP contribution in [0.1, 0.15) is 49.7 Å². The van der Waals surface area contributed by atoms with Crippen LogP contribution in [0.15, 0.2) is 42.6 Å². The molecule has 4 aromatic rings. The molecule has 1 N–H and O–H groups in total. The number of hydrogen-bond acceptors (Lipinski definition) is 8. The van der Waals surface area contributed by atoms with Gasteiger partial charge in [-0.25, -0.2) is 4.98 Å². The second kappa shape index (κ2) is 7.56. The van der Waals surface area contributed by atoms with Gasteiger partial charge in [0.15, 0.2) is 0 Å². The van der Waals surface area contributed by atoms with Crippen molar-refractivity contribution in [3.63, 3.8) is 0 Å². The molecule has 144 valence electrons. The van der Waals surface area contributed by atoms with E-state index < -0.39 is 0 Å². The molecule has 4 aromatic heterocycles. The predicted molar refractivity (Wildman–Crippen MR) is 108 cm³/mol. The Hall–Kier alpha value is -2.39. The van der Waals surface area contributed by atoms with Crippen molar-refractivity contribution in [2.75, 3.05) is 0 Å². The van der Waals surface area contributed by atoms with Crippen LogP contribution in [-0.4, -0.2) is 20.2 Å². The van der Waals surface area contributed by atoms with E-state index in [9.17, 15) is 4.79 Å². The minimum absolute atomic E-state index is 0.165. The second-order valence-electron chi connectivity index (χ2n) is 6.85. The van der Waals surface area contributed by atoms with Crippen molar-refractivity contribution in [1.82, 2.24) is 20.2 Å². The fourth-order valence-electron chi connectivity index (χ4n) is 3.60. The number of nitrogens with one attached hydrogen (secondary N) is 1. The van der Waals surface area contributed by atoms with Gasteiger partial charge in [-0.1, -0.05) is 31.0 Å². The fraction of sp³-hybridized carbons (Fsp3) is 0.368. The molecule has 0 atom stereocenters. The Morgan fingerprint density at radius 2 is 2.14 bits per heavy atom. The predicted octanol–water partition coefficient (Wildman–Crippen LogP) is 4.97. The molecule has 5 rings (SSSR count). The Kier molecular flexibility index (Phi) is 4.77. The van der Waals surface area contributed by atoms with Crippen molar-refractivity contribution in [3.8, 4) is 11.3 Å². The lowest BCUT2D eigenvalue weighted by Gasteiger charge is -2.17. The van der Waals surface area contributed by atoms with Crippen molar-refractivity contribution >= 4 is 33.3 Å². The van der Waals surface area contributed by atoms with Crippen LogP contribution in [0.3, 0.4) is 0 Å². The van der Waals surface area contributed by atoms with Gasteiger partial charge in [0.1, 0.15) is 16.4 Å². The SMILES string of the molecule is O=c1[nH]c(CSc2nnc(C3CCCCC3)o2)nc2scc(-c3ccco3)c12. The van der Waals surface area contributed by atoms with Gasteiger partial charge < -0.3 is 13.8 Å². The standard InChI is InChI=1S/C19H18N4O3S2/c24-16-15-12(13-7-4-8-25-13)9-27-18(15)21-14(20-16)10-28-19-23-22-17(26-19)11-5-2-1-3-6-11/h4,7-9,11H,1-3,5-6,10H2,(H,20,21,24). The monoisotopic (exact) mass is 414 g/mol. The molecule has 0 amide bonds. The van der Waals surface area contributed by atoms with E-state index in [0.717, 1.165) is 24.3 Å². The highest BCUT2D eigenvalue weighted by Gasteiger charge is 2.21. The summed E-state index contributed by atoms with van der Waals surface area (Å²) in [6.45, 7) is 0. The molecule has 28 heavy (non-hydrogen) atoms. The lowest BCUT2D eigenvalue weighted by atomic mass is 9.89. The largest absolute Gasteiger partial charge is 0.464 e. The summed E-state index contributed by atoms with van der Waals surface area (Å²) in [5, 5.41) is 11.3. The van der Waals surface area contributed by atoms with Crippen LogP contribution in [0.25, 0.3) is 21.5 Å². The molecule has 0 aromatic carbocycles. The molecule has 0 saturated heterocycles. The van der Waals surface area contributed by atoms with E-state index in [0.29, 0.717) is 38.7 Å². The van der Waals surface area contributed by atoms with Crippen molar-refractivity contribution < 1.29 is 8.83 Å². The van der Waals surface area contributed by atoms with E-state index in [1.807, 2.05) is 11.4 Å². The quantitative estimate of drug-likeness (QED) is 0.461. The zero-order chi connectivity index (χ0) is 18.9. The summed E-state index contributed by atoms with van der Waals surface area (Å²) in [6, 6.07) is 3.64. The highest BCUT2D eigenvalue weighted by atomic mass is 32.2. The molecule has 0 aliphatic heterocycles. The number of fused-ring (bicyclic) bond motifs is 1. The van der Waals surface area contributed by atoms with Gasteiger partial charge in [-0.15, -0.1) is 21.5 Å². The van der Waals surface area contributed by atoms with Gasteiger partial charge in [0.2, 0.25) is 5.89 Å². The highest BCUT2D eigenvalue weighted by molar-refractivity contribution is 7.98. The van der Waals surface area contributed by atoms with Crippen molar-refractivity contribution in [1.29, 1.82) is 0 Å². The second-order valence-corrected chi connectivity index (χ2v) is 8.63. The van der Waals surface area contributed by atoms with E-state index in [-0.39, 0.29) is 5.56 Å². The molecule has 7 nitrogen and oxygen atoms in total. The molecule has 0 bridgehead atoms. The summed E-state index contributed by atoms with van der Waals surface area (Å²) in [6.07, 6.45) is 7.57. The third-order valence-electron chi connectivity index (χ3n) is 4.99. The number of nitrogens with zero attached hydrogens (tertiary/aromatic N) is 3. The summed E-state index contributed by atoms with van der Waals surface area (Å²) < 4.78 is 11.3. The maximum atomic E-state index is 12.6. The number of thiophene rings is 1. The summed E-state index contributed by atoms with van der Waals surface area (Å²) in [5.41, 5.74) is 0.605. The lowest BCUT2D eigenvalue weighted by Crippen LogP contribution is -2.10. The molecular formula is C19H18N4O3S2. The van der Waals surface area contributed by atoms with Crippen LogP contribution in [0.2, 0.25) is 0 Å². The van der Waals surface area contributed by atoms with Gasteiger partial charge in [-0.3, -0.25) is 4.79 Å². The topological polar surface area (TPSA) is 97.8 Å². The Morgan fingerprint density at radius 1 is 1.25 bits per heavy atom. The van der Waals surface area contributed by atoms with Gasteiger partial charge in [0.05, 0.1) is 17.4 Å². The molecule has 1 aliphatic rings. The third kappa shape index (κ3) is 3.40. The molecule has 0 spiro atoms. The average Bonchev–Trinajstić information content (AvgIpc) is 3.46. The van der Waals surface area contributed by atoms with Gasteiger partial charge in [-0.2, -0.15) is 0 Å². The van der Waals surface area contributed by atoms with E-state index in [1.54, 1.807) is 12.3 Å². The first-order valence-electron chi connectivity index (χ1n) is 9.28. The Labute approximate surface area is 168 Å². The molecule has 1 aliphatic carbocycles. The molecule has 0 radical (unpaired) electrons. The molecule has 1 saturated carbocycles. The Bertz CT molecular complexity index is 1140. The molecule has 1 fully saturated rings. The first-order chi connectivity index (χ1) is 13.8. The zero-order valence-corrected chi connectivity index (χ0v) is 16.6. The minimum Gasteiger partial charge on any atom is -0.464 e. The number of aromatic nitrogens is 4. The fourth-order valence-corrected chi connectivity index (χ4v) is 5.19. The molecular weight excluding hydrogens is 396 g/mol. The van der Waals surface area contributed by atoms with Gasteiger partial charge in [0.25, 0.3) is 10.8 Å². The number of hydrogen-bond donors (Lipinski definition) is 1. The van der Waals surface area contributed by atoms with E-state index >= 15 is 0 Å². The first-order valence-corrected chi connectivity index (χ1v) is 11.1. The van der Waals surface area contributed by atoms with Crippen LogP contribution in [0, 0.1) is 0 Å². The molecule has 0 unspecified atom stereocenters. The lowest BCUT2D eigenvalue weighted by molar-refractivity contribution is 0.334. The third-order valence-corrected chi connectivity index (χ3v) is 6.69. The maximum absolute atomic E-state index is 12.6. The smallest absolute Gasteiger partial charge is 0.277 e. The van der Waals surface area contributed by atoms with Crippen molar-refractivity contribution in [2.24, 2.45) is 0 Å². The summed E-state index contributed by atoms with van der Waals surface area (Å²) in [4.78, 5) is 20.8. The van der Waals surface area contributed by atoms with E-state index in [2.05, 4.69) is 20.2 Å². The van der Waals surface area contributed by atoms with Crippen LogP contribution in [0.5, 0.6) is 0 Å². The Morgan fingerprint density at radius 3 is 2.96 bits per heavy atom. The van der Waals surface area contributed by atoms with E-state index in [1.165, 1.54) is 42.4 Å². The first kappa shape index (κ1) is 17.7. The molecule has 9 heteroatoms. The summed E-state index contributed by atoms with van der Waals surface area (Å²) in [5.74, 6) is 2.84.